The van der Waals surface area contributed by atoms with Crippen molar-refractivity contribution in [2.45, 2.75) is 494 Å². The number of rotatable bonds is 74. The third kappa shape index (κ3) is 45.7. The van der Waals surface area contributed by atoms with Gasteiger partial charge in [0.2, 0.25) is 0 Å². The van der Waals surface area contributed by atoms with Gasteiger partial charge < -0.3 is 36.2 Å². The molecule has 716 valence electrons. The molecule has 0 heterocycles. The van der Waals surface area contributed by atoms with E-state index in [-0.39, 0.29) is 28.1 Å². The quantitative estimate of drug-likeness (QED) is 0.0274. The molecule has 3 unspecified atom stereocenters. The Bertz CT molecular complexity index is 3690. The molecule has 0 saturated heterocycles. The summed E-state index contributed by atoms with van der Waals surface area (Å²) in [5.74, 6) is 4.69. The molecule has 0 fully saturated rings. The van der Waals surface area contributed by atoms with Crippen molar-refractivity contribution in [3.05, 3.63) is 176 Å². The van der Waals surface area contributed by atoms with Crippen LogP contribution >= 0.6 is 25.8 Å². The molecule has 0 spiro atoms. The molecule has 127 heavy (non-hydrogen) atoms. The second kappa shape index (κ2) is 65.0. The molecule has 6 aromatic rings. The maximum atomic E-state index is 7.34. The number of unbranched alkanes of at least 4 members (excludes halogenated alkanes) is 42. The van der Waals surface area contributed by atoms with E-state index in [2.05, 4.69) is 241 Å². The van der Waals surface area contributed by atoms with Gasteiger partial charge in [-0.2, -0.15) is 0 Å². The van der Waals surface area contributed by atoms with Crippen LogP contribution in [0.5, 0.6) is 34.5 Å². The second-order valence-electron chi connectivity index (χ2n) is 40.8. The number of hydrogen-bond donors (Lipinski definition) is 0. The first-order valence-electron chi connectivity index (χ1n) is 52.5. The summed E-state index contributed by atoms with van der Waals surface area (Å²) in [7, 11) is -5.50. The van der Waals surface area contributed by atoms with Crippen molar-refractivity contribution >= 4 is 25.8 Å². The van der Waals surface area contributed by atoms with Gasteiger partial charge in [0, 0.05) is 22.6 Å². The molecular formula is C115H187O9P3. The standard InChI is InChI=1S/C115H187O9P3/c1-20-26-32-38-44-47-50-53-59-65-83-116-125(117-84-66-60-54-51-48-45-39-33-27-21-2)122-110-88-95(9)104(91-108(110)114(14,15)16)106(105-92-109(115(17,18)19)111(89-96(105)10)123-126(118-85-67-61-55-52-49-46-40-34-28-22-3)119-100-77-71-97(72-78-100)68-62-56-41-35-29-23-4)86-93(7)103-90-107(113(11,12)13)112(87-94(103)8)124-127(120-101-79-73-98(74-80-101)69-63-57-42-36-30-24-5)121-102-81-75-99(76-82-102)70-64-58-43-37-31-25-6/h71-82,87-93,106H,20-70,83-86H2,1-19H3. The molecule has 0 bridgehead atoms. The third-order valence-electron chi connectivity index (χ3n) is 25.8. The van der Waals surface area contributed by atoms with Gasteiger partial charge >= 0.3 is 25.8 Å². The SMILES string of the molecule is CCCCCCCCCCCCOP(OCCCCCCCCCCCC)Oc1cc(C)c(C(CC(C)c2cc(C(C)(C)C)c(OP(Oc3ccc(CCCCCCCC)cc3)Oc3ccc(CCCCCCCC)cc3)cc2C)c2cc(C(C)(C)C)c(OP(OCCCCCCCCCCCC)Oc3ccc(CCCCCCCC)cc3)cc2C)cc1C(C)(C)C. The largest absolute Gasteiger partial charge is 0.530 e. The first-order valence-corrected chi connectivity index (χ1v) is 55.8. The summed E-state index contributed by atoms with van der Waals surface area (Å²) >= 11 is 0. The van der Waals surface area contributed by atoms with Crippen LogP contribution in [-0.4, -0.2) is 19.8 Å². The Morgan fingerprint density at radius 3 is 0.740 bits per heavy atom. The van der Waals surface area contributed by atoms with Crippen LogP contribution in [0.25, 0.3) is 0 Å². The van der Waals surface area contributed by atoms with E-state index in [4.69, 9.17) is 40.7 Å². The van der Waals surface area contributed by atoms with Crippen LogP contribution < -0.4 is 27.1 Å². The highest BCUT2D eigenvalue weighted by Gasteiger charge is 2.35. The Hall–Kier alpha value is -4.71. The van der Waals surface area contributed by atoms with Crippen molar-refractivity contribution in [1.29, 1.82) is 0 Å². The fourth-order valence-corrected chi connectivity index (χ4v) is 20.7. The predicted octanol–water partition coefficient (Wildman–Crippen LogP) is 39.4. The van der Waals surface area contributed by atoms with Gasteiger partial charge in [-0.25, -0.2) is 0 Å². The van der Waals surface area contributed by atoms with Gasteiger partial charge in [0.25, 0.3) is 0 Å². The lowest BCUT2D eigenvalue weighted by Gasteiger charge is -2.33. The van der Waals surface area contributed by atoms with Crippen LogP contribution in [-0.2, 0) is 49.1 Å². The zero-order chi connectivity index (χ0) is 91.8. The second-order valence-corrected chi connectivity index (χ2v) is 44.0. The van der Waals surface area contributed by atoms with E-state index >= 15 is 0 Å². The van der Waals surface area contributed by atoms with Gasteiger partial charge in [0.15, 0.2) is 0 Å². The maximum Gasteiger partial charge on any atom is 0.530 e. The summed E-state index contributed by atoms with van der Waals surface area (Å²) in [5, 5.41) is 0. The lowest BCUT2D eigenvalue weighted by Crippen LogP contribution is -2.19. The summed E-state index contributed by atoms with van der Waals surface area (Å²) in [6, 6.07) is 40.5. The first-order chi connectivity index (χ1) is 61.4. The van der Waals surface area contributed by atoms with Crippen LogP contribution in [0.3, 0.4) is 0 Å². The molecule has 9 nitrogen and oxygen atoms in total. The highest BCUT2D eigenvalue weighted by atomic mass is 31.2. The van der Waals surface area contributed by atoms with Gasteiger partial charge in [-0.3, -0.25) is 4.52 Å². The van der Waals surface area contributed by atoms with Crippen molar-refractivity contribution in [3.8, 4) is 34.5 Å². The van der Waals surface area contributed by atoms with Crippen LogP contribution in [0.1, 0.15) is 504 Å². The van der Waals surface area contributed by atoms with Crippen LogP contribution in [0, 0.1) is 20.8 Å². The van der Waals surface area contributed by atoms with Crippen LogP contribution in [0.4, 0.5) is 0 Å². The normalized spacial score (nSPS) is 12.8. The summed E-state index contributed by atoms with van der Waals surface area (Å²) < 4.78 is 63.3. The molecule has 3 atom stereocenters. The molecule has 12 heteroatoms. The van der Waals surface area contributed by atoms with Crippen LogP contribution in [0.15, 0.2) is 109 Å². The smallest absolute Gasteiger partial charge is 0.426 e. The average molecular weight is 1810 g/mol. The molecule has 0 aliphatic heterocycles. The Morgan fingerprint density at radius 2 is 0.465 bits per heavy atom. The lowest BCUT2D eigenvalue weighted by atomic mass is 9.74. The van der Waals surface area contributed by atoms with Crippen molar-refractivity contribution in [2.75, 3.05) is 19.8 Å². The average Bonchev–Trinajstić information content (AvgIpc) is 0.760. The monoisotopic (exact) mass is 1810 g/mol. The molecule has 0 saturated carbocycles. The summed E-state index contributed by atoms with van der Waals surface area (Å²) in [6.07, 6.45) is 65.0. The molecule has 0 aliphatic carbocycles. The van der Waals surface area contributed by atoms with Gasteiger partial charge in [-0.1, -0.05) is 435 Å². The van der Waals surface area contributed by atoms with Gasteiger partial charge in [-0.05, 0) is 212 Å². The summed E-state index contributed by atoms with van der Waals surface area (Å²) in [4.78, 5) is 0. The Morgan fingerprint density at radius 1 is 0.244 bits per heavy atom. The predicted molar refractivity (Wildman–Crippen MR) is 553 cm³/mol. The third-order valence-corrected chi connectivity index (χ3v) is 29.1. The fraction of sp³-hybridized carbons (Fsp3) is 0.687. The molecule has 0 N–H and O–H groups in total. The van der Waals surface area contributed by atoms with E-state index in [9.17, 15) is 0 Å². The van der Waals surface area contributed by atoms with E-state index in [0.717, 1.165) is 127 Å². The fourth-order valence-electron chi connectivity index (χ4n) is 17.6. The van der Waals surface area contributed by atoms with E-state index in [1.54, 1.807) is 0 Å². The number of aryl methyl sites for hydroxylation is 6. The lowest BCUT2D eigenvalue weighted by molar-refractivity contribution is 0.197. The number of benzene rings is 6. The zero-order valence-corrected chi connectivity index (χ0v) is 87.6. The zero-order valence-electron chi connectivity index (χ0n) is 85.0. The summed E-state index contributed by atoms with van der Waals surface area (Å²) in [5.41, 5.74) is 13.8. The van der Waals surface area contributed by atoms with Crippen molar-refractivity contribution < 1.29 is 40.7 Å². The molecule has 6 rings (SSSR count). The van der Waals surface area contributed by atoms with E-state index in [0.29, 0.717) is 19.8 Å². The molecule has 6 aromatic carbocycles. The Kier molecular flexibility index (Phi) is 56.8. The first kappa shape index (κ1) is 111. The van der Waals surface area contributed by atoms with Crippen molar-refractivity contribution in [3.63, 3.8) is 0 Å². The van der Waals surface area contributed by atoms with Gasteiger partial charge in [0.1, 0.15) is 34.5 Å². The van der Waals surface area contributed by atoms with E-state index in [1.807, 2.05) is 0 Å². The molecule has 0 aromatic heterocycles. The van der Waals surface area contributed by atoms with Crippen molar-refractivity contribution in [1.82, 2.24) is 0 Å². The summed E-state index contributed by atoms with van der Waals surface area (Å²) in [6.45, 7) is 45.9. The topological polar surface area (TPSA) is 83.1 Å². The highest BCUT2D eigenvalue weighted by molar-refractivity contribution is 7.43. The molecule has 0 aliphatic rings. The molecule has 0 radical (unpaired) electrons. The van der Waals surface area contributed by atoms with E-state index < -0.39 is 25.8 Å². The van der Waals surface area contributed by atoms with Gasteiger partial charge in [-0.15, -0.1) is 0 Å². The molecule has 0 amide bonds. The maximum absolute atomic E-state index is 7.34. The highest BCUT2D eigenvalue weighted by Crippen LogP contribution is 2.53. The number of hydrogen-bond acceptors (Lipinski definition) is 9. The Balaban J connectivity index is 1.44. The Labute approximate surface area is 785 Å². The van der Waals surface area contributed by atoms with Crippen LogP contribution in [0.2, 0.25) is 0 Å². The minimum absolute atomic E-state index is 0.0698. The minimum atomic E-state index is -1.97. The van der Waals surface area contributed by atoms with E-state index in [1.165, 1.54) is 309 Å². The van der Waals surface area contributed by atoms with Crippen molar-refractivity contribution in [2.24, 2.45) is 0 Å². The molecular weight excluding hydrogens is 1620 g/mol. The minimum Gasteiger partial charge on any atom is -0.426 e. The van der Waals surface area contributed by atoms with Gasteiger partial charge in [0.05, 0.1) is 19.8 Å².